The van der Waals surface area contributed by atoms with E-state index in [-0.39, 0.29) is 10.8 Å². The predicted octanol–water partition coefficient (Wildman–Crippen LogP) is 7.51. The van der Waals surface area contributed by atoms with Crippen LogP contribution in [-0.2, 0) is 6.42 Å². The smallest absolute Gasteiger partial charge is 0.0410 e. The summed E-state index contributed by atoms with van der Waals surface area (Å²) in [5.41, 5.74) is 4.33. The second-order valence-corrected chi connectivity index (χ2v) is 9.47. The van der Waals surface area contributed by atoms with E-state index in [4.69, 9.17) is 0 Å². The van der Waals surface area contributed by atoms with Crippen molar-refractivity contribution in [3.8, 4) is 0 Å². The SMILES string of the molecule is CC(C)(C)CC(C)(Cc1ccccc1)CN(c1ccccc1)c1ccccc1. The van der Waals surface area contributed by atoms with Crippen molar-refractivity contribution in [2.45, 2.75) is 40.5 Å². The fraction of sp³-hybridized carbons (Fsp3) is 0.333. The molecule has 0 spiro atoms. The van der Waals surface area contributed by atoms with Crippen LogP contribution in [0.4, 0.5) is 11.4 Å². The van der Waals surface area contributed by atoms with Gasteiger partial charge in [-0.25, -0.2) is 0 Å². The first-order valence-corrected chi connectivity index (χ1v) is 10.3. The summed E-state index contributed by atoms with van der Waals surface area (Å²) < 4.78 is 0. The minimum absolute atomic E-state index is 0.144. The maximum absolute atomic E-state index is 2.48. The molecular formula is C27H33N. The molecule has 0 aliphatic rings. The number of anilines is 2. The fourth-order valence-electron chi connectivity index (χ4n) is 4.47. The molecule has 0 bridgehead atoms. The Morgan fingerprint density at radius 1 is 0.607 bits per heavy atom. The van der Waals surface area contributed by atoms with Gasteiger partial charge in [-0.1, -0.05) is 94.4 Å². The van der Waals surface area contributed by atoms with E-state index in [1.807, 2.05) is 0 Å². The second kappa shape index (κ2) is 8.65. The summed E-state index contributed by atoms with van der Waals surface area (Å²) in [7, 11) is 0. The van der Waals surface area contributed by atoms with E-state index in [2.05, 4.69) is 124 Å². The molecule has 0 N–H and O–H groups in total. The van der Waals surface area contributed by atoms with Crippen molar-refractivity contribution in [1.29, 1.82) is 0 Å². The number of rotatable bonds is 7. The summed E-state index contributed by atoms with van der Waals surface area (Å²) in [5, 5.41) is 0. The Morgan fingerprint density at radius 2 is 1.04 bits per heavy atom. The molecule has 0 fully saturated rings. The third kappa shape index (κ3) is 5.73. The summed E-state index contributed by atoms with van der Waals surface area (Å²) >= 11 is 0. The van der Waals surface area contributed by atoms with Gasteiger partial charge in [-0.2, -0.15) is 0 Å². The van der Waals surface area contributed by atoms with Crippen molar-refractivity contribution in [2.75, 3.05) is 11.4 Å². The number of para-hydroxylation sites is 2. The van der Waals surface area contributed by atoms with Gasteiger partial charge in [-0.15, -0.1) is 0 Å². The van der Waals surface area contributed by atoms with Crippen LogP contribution in [0.3, 0.4) is 0 Å². The number of benzene rings is 3. The highest BCUT2D eigenvalue weighted by Gasteiger charge is 2.33. The third-order valence-corrected chi connectivity index (χ3v) is 5.11. The van der Waals surface area contributed by atoms with Gasteiger partial charge in [0.2, 0.25) is 0 Å². The Kier molecular flexibility index (Phi) is 6.24. The van der Waals surface area contributed by atoms with Crippen molar-refractivity contribution in [3.63, 3.8) is 0 Å². The molecule has 3 rings (SSSR count). The van der Waals surface area contributed by atoms with Gasteiger partial charge in [0.1, 0.15) is 0 Å². The zero-order valence-corrected chi connectivity index (χ0v) is 17.7. The Labute approximate surface area is 171 Å². The van der Waals surface area contributed by atoms with E-state index in [1.54, 1.807) is 0 Å². The molecule has 1 unspecified atom stereocenters. The average molecular weight is 372 g/mol. The molecule has 0 aliphatic heterocycles. The largest absolute Gasteiger partial charge is 0.341 e. The Morgan fingerprint density at radius 3 is 1.46 bits per heavy atom. The monoisotopic (exact) mass is 371 g/mol. The molecule has 1 heteroatoms. The van der Waals surface area contributed by atoms with Crippen molar-refractivity contribution in [1.82, 2.24) is 0 Å². The van der Waals surface area contributed by atoms with Gasteiger partial charge in [0, 0.05) is 17.9 Å². The first-order chi connectivity index (χ1) is 13.3. The first kappa shape index (κ1) is 20.2. The first-order valence-electron chi connectivity index (χ1n) is 10.3. The molecule has 1 nitrogen and oxygen atoms in total. The van der Waals surface area contributed by atoms with Gasteiger partial charge in [0.15, 0.2) is 0 Å². The van der Waals surface area contributed by atoms with Crippen LogP contribution in [0.25, 0.3) is 0 Å². The molecule has 146 valence electrons. The normalized spacial score (nSPS) is 13.7. The Hall–Kier alpha value is -2.54. The lowest BCUT2D eigenvalue weighted by molar-refractivity contribution is 0.197. The fourth-order valence-corrected chi connectivity index (χ4v) is 4.47. The van der Waals surface area contributed by atoms with Crippen molar-refractivity contribution < 1.29 is 0 Å². The molecule has 0 aliphatic carbocycles. The zero-order valence-electron chi connectivity index (χ0n) is 17.7. The minimum Gasteiger partial charge on any atom is -0.341 e. The van der Waals surface area contributed by atoms with Gasteiger partial charge in [0.25, 0.3) is 0 Å². The number of hydrogen-bond donors (Lipinski definition) is 0. The molecule has 0 radical (unpaired) electrons. The van der Waals surface area contributed by atoms with Gasteiger partial charge in [-0.05, 0) is 53.5 Å². The van der Waals surface area contributed by atoms with Gasteiger partial charge < -0.3 is 4.90 Å². The van der Waals surface area contributed by atoms with Gasteiger partial charge in [0.05, 0.1) is 0 Å². The van der Waals surface area contributed by atoms with Crippen molar-refractivity contribution >= 4 is 11.4 Å². The molecule has 0 saturated carbocycles. The highest BCUT2D eigenvalue weighted by Crippen LogP contribution is 2.40. The van der Waals surface area contributed by atoms with E-state index in [1.165, 1.54) is 16.9 Å². The maximum atomic E-state index is 2.48. The topological polar surface area (TPSA) is 3.24 Å². The maximum Gasteiger partial charge on any atom is 0.0410 e. The van der Waals surface area contributed by atoms with Crippen LogP contribution in [0, 0.1) is 10.8 Å². The van der Waals surface area contributed by atoms with Crippen LogP contribution in [0.1, 0.15) is 39.7 Å². The molecule has 1 atom stereocenters. The molecule has 0 aromatic heterocycles. The lowest BCUT2D eigenvalue weighted by Crippen LogP contribution is -2.38. The summed E-state index contributed by atoms with van der Waals surface area (Å²) in [6, 6.07) is 32.5. The molecule has 0 heterocycles. The quantitative estimate of drug-likeness (QED) is 0.415. The molecular weight excluding hydrogens is 338 g/mol. The predicted molar refractivity (Wildman–Crippen MR) is 122 cm³/mol. The van der Waals surface area contributed by atoms with Crippen LogP contribution in [-0.4, -0.2) is 6.54 Å². The van der Waals surface area contributed by atoms with Crippen LogP contribution >= 0.6 is 0 Å². The molecule has 3 aromatic carbocycles. The van der Waals surface area contributed by atoms with Crippen molar-refractivity contribution in [3.05, 3.63) is 96.6 Å². The summed E-state index contributed by atoms with van der Waals surface area (Å²) in [5.74, 6) is 0. The Bertz CT molecular complexity index is 794. The van der Waals surface area contributed by atoms with Crippen molar-refractivity contribution in [2.24, 2.45) is 10.8 Å². The third-order valence-electron chi connectivity index (χ3n) is 5.11. The second-order valence-electron chi connectivity index (χ2n) is 9.47. The molecule has 0 amide bonds. The lowest BCUT2D eigenvalue weighted by atomic mass is 9.71. The van der Waals surface area contributed by atoms with Crippen LogP contribution in [0.15, 0.2) is 91.0 Å². The standard InChI is InChI=1S/C27H33N/c1-26(2,3)21-27(4,20-23-14-8-5-9-15-23)22-28(24-16-10-6-11-17-24)25-18-12-7-13-19-25/h5-19H,20-22H2,1-4H3. The summed E-state index contributed by atoms with van der Waals surface area (Å²) in [6.45, 7) is 10.5. The highest BCUT2D eigenvalue weighted by atomic mass is 15.1. The molecule has 3 aromatic rings. The Balaban J connectivity index is 1.97. The minimum atomic E-state index is 0.144. The van der Waals surface area contributed by atoms with E-state index in [0.717, 1.165) is 19.4 Å². The lowest BCUT2D eigenvalue weighted by Gasteiger charge is -2.41. The zero-order chi connectivity index (χ0) is 20.0. The van der Waals surface area contributed by atoms with Gasteiger partial charge >= 0.3 is 0 Å². The van der Waals surface area contributed by atoms with Crippen LogP contribution in [0.2, 0.25) is 0 Å². The van der Waals surface area contributed by atoms with Crippen LogP contribution in [0.5, 0.6) is 0 Å². The average Bonchev–Trinajstić information content (AvgIpc) is 2.67. The van der Waals surface area contributed by atoms with Gasteiger partial charge in [-0.3, -0.25) is 0 Å². The van der Waals surface area contributed by atoms with E-state index < -0.39 is 0 Å². The molecule has 0 saturated heterocycles. The number of nitrogens with zero attached hydrogens (tertiary/aromatic N) is 1. The summed E-state index contributed by atoms with van der Waals surface area (Å²) in [4.78, 5) is 2.48. The van der Waals surface area contributed by atoms with E-state index in [9.17, 15) is 0 Å². The summed E-state index contributed by atoms with van der Waals surface area (Å²) in [6.07, 6.45) is 2.23. The van der Waals surface area contributed by atoms with E-state index >= 15 is 0 Å². The van der Waals surface area contributed by atoms with E-state index in [0.29, 0.717) is 0 Å². The highest BCUT2D eigenvalue weighted by molar-refractivity contribution is 5.63. The van der Waals surface area contributed by atoms with Crippen LogP contribution < -0.4 is 4.90 Å². The number of hydrogen-bond acceptors (Lipinski definition) is 1. The molecule has 28 heavy (non-hydrogen) atoms.